The third-order valence-electron chi connectivity index (χ3n) is 5.85. The van der Waals surface area contributed by atoms with Crippen molar-refractivity contribution in [1.29, 1.82) is 0 Å². The molecule has 0 amide bonds. The topological polar surface area (TPSA) is 30.7 Å². The summed E-state index contributed by atoms with van der Waals surface area (Å²) in [6.07, 6.45) is 10.0. The van der Waals surface area contributed by atoms with Gasteiger partial charge in [-0.15, -0.1) is 21.8 Å². The molecule has 4 fully saturated rings. The van der Waals surface area contributed by atoms with Crippen molar-refractivity contribution in [3.8, 4) is 0 Å². The predicted octanol–water partition coefficient (Wildman–Crippen LogP) is 3.72. The van der Waals surface area contributed by atoms with Crippen molar-refractivity contribution in [1.82, 2.24) is 14.8 Å². The van der Waals surface area contributed by atoms with Gasteiger partial charge in [0.15, 0.2) is 0 Å². The van der Waals surface area contributed by atoms with Gasteiger partial charge in [0.05, 0.1) is 5.88 Å². The summed E-state index contributed by atoms with van der Waals surface area (Å²) in [6.45, 7) is 4.99. The van der Waals surface area contributed by atoms with E-state index in [0.29, 0.717) is 16.7 Å². The molecule has 2 unspecified atom stereocenters. The molecule has 2 atom stereocenters. The number of halogens is 1. The molecule has 1 aromatic rings. The summed E-state index contributed by atoms with van der Waals surface area (Å²) >= 11 is 6.06. The standard InChI is InChI=1S/C15H22ClN3/c1-13-3-11-4-14(2,7-13)9-15(5-11,8-13)19-10-17-18-12(19)6-16/h10-11H,3-9H2,1-2H3. The lowest BCUT2D eigenvalue weighted by Gasteiger charge is -2.65. The second-order valence-electron chi connectivity index (χ2n) is 8.11. The van der Waals surface area contributed by atoms with Crippen LogP contribution in [0.4, 0.5) is 0 Å². The number of hydrogen-bond donors (Lipinski definition) is 0. The van der Waals surface area contributed by atoms with Gasteiger partial charge in [0.2, 0.25) is 0 Å². The summed E-state index contributed by atoms with van der Waals surface area (Å²) in [5, 5.41) is 8.34. The molecule has 1 aromatic heterocycles. The van der Waals surface area contributed by atoms with Gasteiger partial charge in [0, 0.05) is 5.54 Å². The predicted molar refractivity (Wildman–Crippen MR) is 75.0 cm³/mol. The van der Waals surface area contributed by atoms with Crippen molar-refractivity contribution in [2.24, 2.45) is 16.7 Å². The van der Waals surface area contributed by atoms with E-state index in [9.17, 15) is 0 Å². The molecule has 5 rings (SSSR count). The fraction of sp³-hybridized carbons (Fsp3) is 0.867. The van der Waals surface area contributed by atoms with E-state index >= 15 is 0 Å². The largest absolute Gasteiger partial charge is 0.310 e. The van der Waals surface area contributed by atoms with Gasteiger partial charge in [-0.1, -0.05) is 13.8 Å². The van der Waals surface area contributed by atoms with E-state index < -0.39 is 0 Å². The number of hydrogen-bond acceptors (Lipinski definition) is 2. The van der Waals surface area contributed by atoms with Crippen LogP contribution < -0.4 is 0 Å². The number of rotatable bonds is 2. The highest BCUT2D eigenvalue weighted by Crippen LogP contribution is 2.68. The number of aromatic nitrogens is 3. The Balaban J connectivity index is 1.83. The van der Waals surface area contributed by atoms with Crippen LogP contribution in [0, 0.1) is 16.7 Å². The molecule has 0 N–H and O–H groups in total. The molecule has 0 spiro atoms. The highest BCUT2D eigenvalue weighted by molar-refractivity contribution is 6.16. The van der Waals surface area contributed by atoms with Gasteiger partial charge >= 0.3 is 0 Å². The average molecular weight is 280 g/mol. The van der Waals surface area contributed by atoms with E-state index in [1.807, 2.05) is 6.33 Å². The molecular formula is C15H22ClN3. The Hall–Kier alpha value is -0.570. The second kappa shape index (κ2) is 3.55. The lowest BCUT2D eigenvalue weighted by atomic mass is 9.42. The van der Waals surface area contributed by atoms with Crippen molar-refractivity contribution in [3.63, 3.8) is 0 Å². The van der Waals surface area contributed by atoms with Crippen LogP contribution in [0.3, 0.4) is 0 Å². The molecule has 4 saturated carbocycles. The van der Waals surface area contributed by atoms with Crippen molar-refractivity contribution >= 4 is 11.6 Å². The normalized spacial score (nSPS) is 47.8. The van der Waals surface area contributed by atoms with Gasteiger partial charge < -0.3 is 4.57 Å². The fourth-order valence-electron chi connectivity index (χ4n) is 6.40. The van der Waals surface area contributed by atoms with E-state index in [1.165, 1.54) is 38.5 Å². The summed E-state index contributed by atoms with van der Waals surface area (Å²) in [7, 11) is 0. The Bertz CT molecular complexity index is 505. The van der Waals surface area contributed by atoms with Crippen LogP contribution in [0.5, 0.6) is 0 Å². The molecule has 4 aliphatic carbocycles. The van der Waals surface area contributed by atoms with Crippen molar-refractivity contribution in [2.75, 3.05) is 0 Å². The van der Waals surface area contributed by atoms with Crippen LogP contribution in [0.1, 0.15) is 58.2 Å². The molecule has 104 valence electrons. The first-order valence-electron chi connectivity index (χ1n) is 7.41. The van der Waals surface area contributed by atoms with Gasteiger partial charge in [-0.05, 0) is 55.3 Å². The first kappa shape index (κ1) is 12.2. The molecule has 0 radical (unpaired) electrons. The lowest BCUT2D eigenvalue weighted by Crippen LogP contribution is -2.59. The lowest BCUT2D eigenvalue weighted by molar-refractivity contribution is -0.136. The van der Waals surface area contributed by atoms with Crippen molar-refractivity contribution in [2.45, 2.75) is 63.8 Å². The van der Waals surface area contributed by atoms with Gasteiger partial charge in [-0.25, -0.2) is 0 Å². The van der Waals surface area contributed by atoms with E-state index in [4.69, 9.17) is 11.6 Å². The monoisotopic (exact) mass is 279 g/mol. The first-order chi connectivity index (χ1) is 8.96. The van der Waals surface area contributed by atoms with Crippen molar-refractivity contribution < 1.29 is 0 Å². The minimum atomic E-state index is 0.247. The number of alkyl halides is 1. The molecule has 19 heavy (non-hydrogen) atoms. The molecule has 3 nitrogen and oxygen atoms in total. The van der Waals surface area contributed by atoms with Crippen LogP contribution in [-0.4, -0.2) is 14.8 Å². The van der Waals surface area contributed by atoms with Crippen LogP contribution >= 0.6 is 11.6 Å². The Morgan fingerprint density at radius 1 is 1.21 bits per heavy atom. The highest BCUT2D eigenvalue weighted by Gasteiger charge is 2.61. The molecule has 0 aromatic carbocycles. The Labute approximate surface area is 119 Å². The fourth-order valence-corrected chi connectivity index (χ4v) is 6.58. The van der Waals surface area contributed by atoms with E-state index in [0.717, 1.165) is 11.7 Å². The molecular weight excluding hydrogens is 258 g/mol. The van der Waals surface area contributed by atoms with E-state index in [1.54, 1.807) is 0 Å². The SMILES string of the molecule is CC12CC3CC(C)(C1)CC(n1cnnc1CCl)(C3)C2. The Morgan fingerprint density at radius 3 is 2.47 bits per heavy atom. The second-order valence-corrected chi connectivity index (χ2v) is 8.37. The summed E-state index contributed by atoms with van der Waals surface area (Å²) in [6, 6.07) is 0. The first-order valence-corrected chi connectivity index (χ1v) is 7.95. The summed E-state index contributed by atoms with van der Waals surface area (Å²) in [4.78, 5) is 0. The molecule has 4 aliphatic rings. The number of nitrogens with zero attached hydrogens (tertiary/aromatic N) is 3. The molecule has 4 heteroatoms. The van der Waals surface area contributed by atoms with Gasteiger partial charge in [0.25, 0.3) is 0 Å². The average Bonchev–Trinajstić information content (AvgIpc) is 2.72. The van der Waals surface area contributed by atoms with Crippen molar-refractivity contribution in [3.05, 3.63) is 12.2 Å². The van der Waals surface area contributed by atoms with Crippen LogP contribution in [0.25, 0.3) is 0 Å². The molecule has 4 bridgehead atoms. The maximum atomic E-state index is 6.06. The molecule has 0 saturated heterocycles. The van der Waals surface area contributed by atoms with Gasteiger partial charge in [0.1, 0.15) is 12.2 Å². The minimum absolute atomic E-state index is 0.247. The van der Waals surface area contributed by atoms with E-state index in [2.05, 4.69) is 28.6 Å². The Morgan fingerprint density at radius 2 is 1.89 bits per heavy atom. The zero-order chi connectivity index (χ0) is 13.3. The van der Waals surface area contributed by atoms with E-state index in [-0.39, 0.29) is 5.54 Å². The smallest absolute Gasteiger partial charge is 0.148 e. The highest BCUT2D eigenvalue weighted by atomic mass is 35.5. The summed E-state index contributed by atoms with van der Waals surface area (Å²) in [5.41, 5.74) is 1.28. The molecule has 1 heterocycles. The van der Waals surface area contributed by atoms with Gasteiger partial charge in [-0.2, -0.15) is 0 Å². The third-order valence-corrected chi connectivity index (χ3v) is 6.08. The van der Waals surface area contributed by atoms with Crippen LogP contribution in [0.15, 0.2) is 6.33 Å². The maximum Gasteiger partial charge on any atom is 0.148 e. The third kappa shape index (κ3) is 1.63. The Kier molecular flexibility index (Phi) is 2.27. The summed E-state index contributed by atoms with van der Waals surface area (Å²) in [5.74, 6) is 2.31. The summed E-state index contributed by atoms with van der Waals surface area (Å²) < 4.78 is 2.33. The zero-order valence-corrected chi connectivity index (χ0v) is 12.6. The molecule has 0 aliphatic heterocycles. The van der Waals surface area contributed by atoms with Crippen LogP contribution in [-0.2, 0) is 11.4 Å². The maximum absolute atomic E-state index is 6.06. The van der Waals surface area contributed by atoms with Gasteiger partial charge in [-0.3, -0.25) is 0 Å². The van der Waals surface area contributed by atoms with Crippen LogP contribution in [0.2, 0.25) is 0 Å². The quantitative estimate of drug-likeness (QED) is 0.773. The zero-order valence-electron chi connectivity index (χ0n) is 11.8. The minimum Gasteiger partial charge on any atom is -0.310 e.